The predicted octanol–water partition coefficient (Wildman–Crippen LogP) is 3.80. The van der Waals surface area contributed by atoms with Crippen LogP contribution in [0.2, 0.25) is 0 Å². The summed E-state index contributed by atoms with van der Waals surface area (Å²) in [5.74, 6) is 0.999. The number of pyridine rings is 1. The first-order valence-electron chi connectivity index (χ1n) is 6.60. The number of aliphatic imine (C=N–C) groups is 1. The highest BCUT2D eigenvalue weighted by molar-refractivity contribution is 8.14. The molecule has 0 radical (unpaired) electrons. The van der Waals surface area contributed by atoms with Gasteiger partial charge in [-0.05, 0) is 17.7 Å². The molecule has 0 fully saturated rings. The molecule has 4 rings (SSSR count). The summed E-state index contributed by atoms with van der Waals surface area (Å²) in [4.78, 5) is 12.6. The number of nitrogens with one attached hydrogen (secondary N) is 1. The first-order valence-corrected chi connectivity index (χ1v) is 7.58. The van der Waals surface area contributed by atoms with Crippen molar-refractivity contribution >= 4 is 27.8 Å². The predicted molar refractivity (Wildman–Crippen MR) is 84.3 cm³/mol. The number of aromatic amines is 1. The second kappa shape index (κ2) is 4.80. The molecule has 0 aliphatic carbocycles. The number of hydrogen-bond donors (Lipinski definition) is 1. The van der Waals surface area contributed by atoms with Gasteiger partial charge in [0, 0.05) is 18.1 Å². The fourth-order valence-electron chi connectivity index (χ4n) is 2.48. The van der Waals surface area contributed by atoms with Gasteiger partial charge in [-0.15, -0.1) is 11.8 Å². The van der Waals surface area contributed by atoms with E-state index in [0.717, 1.165) is 27.4 Å². The van der Waals surface area contributed by atoms with Crippen LogP contribution >= 0.6 is 11.8 Å². The molecule has 20 heavy (non-hydrogen) atoms. The van der Waals surface area contributed by atoms with Gasteiger partial charge in [0.25, 0.3) is 0 Å². The number of hydrogen-bond acceptors (Lipinski definition) is 3. The van der Waals surface area contributed by atoms with Crippen molar-refractivity contribution in [2.75, 3.05) is 5.75 Å². The van der Waals surface area contributed by atoms with E-state index in [2.05, 4.69) is 34.2 Å². The molecule has 1 aliphatic rings. The van der Waals surface area contributed by atoms with Crippen LogP contribution in [0.4, 0.5) is 0 Å². The Kier molecular flexibility index (Phi) is 2.81. The Hall–Kier alpha value is -2.07. The number of rotatable bonds is 2. The van der Waals surface area contributed by atoms with Crippen molar-refractivity contribution in [1.82, 2.24) is 9.97 Å². The van der Waals surface area contributed by atoms with Crippen molar-refractivity contribution in [1.29, 1.82) is 0 Å². The van der Waals surface area contributed by atoms with Gasteiger partial charge in [-0.2, -0.15) is 0 Å². The monoisotopic (exact) mass is 279 g/mol. The molecule has 4 heteroatoms. The zero-order chi connectivity index (χ0) is 13.4. The molecule has 0 spiro atoms. The molecular weight excluding hydrogens is 266 g/mol. The average Bonchev–Trinajstić information content (AvgIpc) is 3.14. The lowest BCUT2D eigenvalue weighted by atomic mass is 10.1. The lowest BCUT2D eigenvalue weighted by Gasteiger charge is -2.04. The van der Waals surface area contributed by atoms with Crippen molar-refractivity contribution in [3.63, 3.8) is 0 Å². The van der Waals surface area contributed by atoms with E-state index < -0.39 is 0 Å². The lowest BCUT2D eigenvalue weighted by Crippen LogP contribution is -1.93. The van der Waals surface area contributed by atoms with Gasteiger partial charge in [0.05, 0.1) is 22.6 Å². The summed E-state index contributed by atoms with van der Waals surface area (Å²) in [6, 6.07) is 14.7. The molecule has 0 amide bonds. The van der Waals surface area contributed by atoms with E-state index in [1.54, 1.807) is 0 Å². The Morgan fingerprint density at radius 3 is 2.90 bits per heavy atom. The van der Waals surface area contributed by atoms with Crippen LogP contribution in [0.5, 0.6) is 0 Å². The fraction of sp³-hybridized carbons (Fsp3) is 0.125. The van der Waals surface area contributed by atoms with Gasteiger partial charge in [0.2, 0.25) is 0 Å². The lowest BCUT2D eigenvalue weighted by molar-refractivity contribution is 0.850. The minimum Gasteiger partial charge on any atom is -0.359 e. The summed E-state index contributed by atoms with van der Waals surface area (Å²) < 4.78 is 0. The van der Waals surface area contributed by atoms with Crippen LogP contribution in [0.15, 0.2) is 59.9 Å². The minimum absolute atomic E-state index is 0.255. The molecule has 1 aromatic carbocycles. The maximum absolute atomic E-state index is 4.87. The Balaban J connectivity index is 1.73. The maximum Gasteiger partial charge on any atom is 0.102 e. The molecule has 0 bridgehead atoms. The Bertz CT molecular complexity index is 777. The van der Waals surface area contributed by atoms with Crippen molar-refractivity contribution in [3.8, 4) is 0 Å². The largest absolute Gasteiger partial charge is 0.359 e. The van der Waals surface area contributed by atoms with Crippen molar-refractivity contribution in [2.24, 2.45) is 4.99 Å². The van der Waals surface area contributed by atoms with Gasteiger partial charge in [-0.25, -0.2) is 0 Å². The molecule has 0 saturated heterocycles. The number of H-pyrrole nitrogens is 1. The van der Waals surface area contributed by atoms with E-state index in [1.807, 2.05) is 42.4 Å². The summed E-state index contributed by atoms with van der Waals surface area (Å²) in [6.45, 7) is 0. The van der Waals surface area contributed by atoms with Crippen molar-refractivity contribution in [2.45, 2.75) is 6.04 Å². The maximum atomic E-state index is 4.87. The molecule has 3 heterocycles. The van der Waals surface area contributed by atoms with Gasteiger partial charge >= 0.3 is 0 Å². The molecule has 0 saturated carbocycles. The van der Waals surface area contributed by atoms with Crippen molar-refractivity contribution < 1.29 is 0 Å². The quantitative estimate of drug-likeness (QED) is 0.775. The van der Waals surface area contributed by atoms with Gasteiger partial charge in [-0.1, -0.05) is 30.3 Å². The molecule has 3 nitrogen and oxygen atoms in total. The van der Waals surface area contributed by atoms with Crippen LogP contribution in [-0.2, 0) is 0 Å². The molecule has 1 aliphatic heterocycles. The van der Waals surface area contributed by atoms with Gasteiger partial charge in [0.15, 0.2) is 0 Å². The number of thioether (sulfide) groups is 1. The summed E-state index contributed by atoms with van der Waals surface area (Å²) in [7, 11) is 0. The Morgan fingerprint density at radius 1 is 1.10 bits per heavy atom. The van der Waals surface area contributed by atoms with Crippen LogP contribution in [0.3, 0.4) is 0 Å². The van der Waals surface area contributed by atoms with E-state index >= 15 is 0 Å². The van der Waals surface area contributed by atoms with Crippen molar-refractivity contribution in [3.05, 3.63) is 66.0 Å². The van der Waals surface area contributed by atoms with E-state index in [1.165, 1.54) is 5.56 Å². The van der Waals surface area contributed by atoms with Crippen LogP contribution in [0.1, 0.15) is 17.2 Å². The highest BCUT2D eigenvalue weighted by Crippen LogP contribution is 2.34. The third-order valence-corrected chi connectivity index (χ3v) is 4.58. The van der Waals surface area contributed by atoms with E-state index in [0.29, 0.717) is 0 Å². The van der Waals surface area contributed by atoms with Crippen LogP contribution in [0.25, 0.3) is 11.0 Å². The highest BCUT2D eigenvalue weighted by Gasteiger charge is 2.22. The molecule has 98 valence electrons. The molecular formula is C16H13N3S. The van der Waals surface area contributed by atoms with Crippen LogP contribution < -0.4 is 0 Å². The third kappa shape index (κ3) is 1.93. The van der Waals surface area contributed by atoms with Gasteiger partial charge in [0.1, 0.15) is 5.04 Å². The summed E-state index contributed by atoms with van der Waals surface area (Å²) in [5.41, 5.74) is 4.47. The standard InChI is InChI=1S/C16H13N3S/c1-2-5-11(6-3-1)14-10-20-16(19-14)12-9-18-13-7-4-8-17-15(12)13/h1-9,14,18H,10H2. The highest BCUT2D eigenvalue weighted by atomic mass is 32.2. The second-order valence-corrected chi connectivity index (χ2v) is 5.78. The first-order chi connectivity index (χ1) is 9.92. The van der Waals surface area contributed by atoms with Crippen LogP contribution in [-0.4, -0.2) is 20.8 Å². The number of benzene rings is 1. The molecule has 1 unspecified atom stereocenters. The Labute approximate surface area is 121 Å². The smallest absolute Gasteiger partial charge is 0.102 e. The third-order valence-electron chi connectivity index (χ3n) is 3.50. The zero-order valence-corrected chi connectivity index (χ0v) is 11.6. The number of fused-ring (bicyclic) bond motifs is 1. The average molecular weight is 279 g/mol. The minimum atomic E-state index is 0.255. The number of nitrogens with zero attached hydrogens (tertiary/aromatic N) is 2. The SMILES string of the molecule is c1ccc(C2CSC(c3c[nH]c4cccnc34)=N2)cc1. The summed E-state index contributed by atoms with van der Waals surface area (Å²) in [5, 5.41) is 1.09. The van der Waals surface area contributed by atoms with E-state index in [4.69, 9.17) is 4.99 Å². The summed E-state index contributed by atoms with van der Waals surface area (Å²) >= 11 is 1.81. The molecule has 3 aromatic rings. The van der Waals surface area contributed by atoms with Crippen LogP contribution in [0, 0.1) is 0 Å². The zero-order valence-electron chi connectivity index (χ0n) is 10.8. The number of aromatic nitrogens is 2. The normalized spacial score (nSPS) is 18.4. The fourth-order valence-corrected chi connectivity index (χ4v) is 3.58. The molecule has 1 N–H and O–H groups in total. The van der Waals surface area contributed by atoms with Gasteiger partial charge in [-0.3, -0.25) is 9.98 Å². The second-order valence-electron chi connectivity index (χ2n) is 4.77. The Morgan fingerprint density at radius 2 is 2.00 bits per heavy atom. The first kappa shape index (κ1) is 11.7. The molecule has 2 aromatic heterocycles. The summed E-state index contributed by atoms with van der Waals surface area (Å²) in [6.07, 6.45) is 3.84. The molecule has 1 atom stereocenters. The van der Waals surface area contributed by atoms with E-state index in [9.17, 15) is 0 Å². The van der Waals surface area contributed by atoms with Gasteiger partial charge < -0.3 is 4.98 Å². The topological polar surface area (TPSA) is 41.0 Å². The van der Waals surface area contributed by atoms with E-state index in [-0.39, 0.29) is 6.04 Å².